The molecule has 2 N–H and O–H groups in total. The lowest BCUT2D eigenvalue weighted by atomic mass is 9.73. The molecule has 2 fully saturated rings. The van der Waals surface area contributed by atoms with Gasteiger partial charge in [-0.2, -0.15) is 0 Å². The molecule has 1 aromatic heterocycles. The first kappa shape index (κ1) is 18.9. The number of amides is 4. The third-order valence-electron chi connectivity index (χ3n) is 5.05. The average molecular weight is 378 g/mol. The molecule has 2 heterocycles. The number of anilines is 1. The van der Waals surface area contributed by atoms with E-state index in [4.69, 9.17) is 9.26 Å². The molecule has 27 heavy (non-hydrogen) atoms. The van der Waals surface area contributed by atoms with Gasteiger partial charge in [0.05, 0.1) is 0 Å². The molecule has 1 saturated carbocycles. The van der Waals surface area contributed by atoms with Crippen LogP contribution in [0.3, 0.4) is 0 Å². The number of hydrogen-bond donors (Lipinski definition) is 2. The molecule has 1 aliphatic carbocycles. The van der Waals surface area contributed by atoms with E-state index in [0.717, 1.165) is 24.2 Å². The van der Waals surface area contributed by atoms with Gasteiger partial charge < -0.3 is 19.9 Å². The first-order valence-corrected chi connectivity index (χ1v) is 8.85. The lowest BCUT2D eigenvalue weighted by Gasteiger charge is -2.36. The number of nitrogens with zero attached hydrogens (tertiary/aromatic N) is 2. The van der Waals surface area contributed by atoms with Gasteiger partial charge >= 0.3 is 12.0 Å². The minimum Gasteiger partial charge on any atom is -0.454 e. The molecule has 0 bridgehead atoms. The molecule has 1 saturated heterocycles. The van der Waals surface area contributed by atoms with Gasteiger partial charge in [-0.15, -0.1) is 0 Å². The summed E-state index contributed by atoms with van der Waals surface area (Å²) < 4.78 is 9.67. The van der Waals surface area contributed by atoms with Gasteiger partial charge in [0.2, 0.25) is 0 Å². The predicted molar refractivity (Wildman–Crippen MR) is 91.4 cm³/mol. The summed E-state index contributed by atoms with van der Waals surface area (Å²) >= 11 is 0. The van der Waals surface area contributed by atoms with Crippen LogP contribution in [0.1, 0.15) is 38.4 Å². The molecule has 0 radical (unpaired) electrons. The lowest BCUT2D eigenvalue weighted by molar-refractivity contribution is -0.150. The zero-order valence-corrected chi connectivity index (χ0v) is 15.2. The van der Waals surface area contributed by atoms with E-state index in [0.29, 0.717) is 12.2 Å². The Balaban J connectivity index is 1.52. The summed E-state index contributed by atoms with van der Waals surface area (Å²) in [5.41, 5.74) is -0.933. The molecule has 10 heteroatoms. The minimum absolute atomic E-state index is 0.000384. The number of imide groups is 1. The van der Waals surface area contributed by atoms with Crippen molar-refractivity contribution in [3.8, 4) is 0 Å². The maximum absolute atomic E-state index is 12.8. The normalized spacial score (nSPS) is 24.8. The van der Waals surface area contributed by atoms with Crippen molar-refractivity contribution in [3.63, 3.8) is 0 Å². The fourth-order valence-electron chi connectivity index (χ4n) is 3.56. The van der Waals surface area contributed by atoms with Crippen LogP contribution in [-0.4, -0.2) is 52.6 Å². The quantitative estimate of drug-likeness (QED) is 0.576. The van der Waals surface area contributed by atoms with Crippen molar-refractivity contribution >= 4 is 29.6 Å². The fourth-order valence-corrected chi connectivity index (χ4v) is 3.56. The number of aromatic nitrogens is 1. The van der Waals surface area contributed by atoms with Crippen molar-refractivity contribution < 1.29 is 28.4 Å². The van der Waals surface area contributed by atoms with Gasteiger partial charge in [0.25, 0.3) is 11.8 Å². The van der Waals surface area contributed by atoms with Gasteiger partial charge in [0.1, 0.15) is 17.8 Å². The molecular weight excluding hydrogens is 356 g/mol. The standard InChI is InChI=1S/C17H22N4O6/c1-10-5-3-4-6-17(10)15(24)21(16(25)19-17)8-14(23)26-9-13(22)18-12-7-11(2)27-20-12/h7,10H,3-6,8-9H2,1-2H3,(H,19,25)(H,18,20,22)/t10-,17+/m1/s1. The van der Waals surface area contributed by atoms with E-state index in [2.05, 4.69) is 15.8 Å². The smallest absolute Gasteiger partial charge is 0.326 e. The number of hydrogen-bond acceptors (Lipinski definition) is 7. The largest absolute Gasteiger partial charge is 0.454 e. The average Bonchev–Trinajstić information content (AvgIpc) is 3.12. The SMILES string of the molecule is Cc1cc(NC(=O)COC(=O)CN2C(=O)N[C@]3(CCCC[C@H]3C)C2=O)no1. The maximum Gasteiger partial charge on any atom is 0.326 e. The number of esters is 1. The third-order valence-corrected chi connectivity index (χ3v) is 5.05. The van der Waals surface area contributed by atoms with Crippen LogP contribution >= 0.6 is 0 Å². The molecule has 1 spiro atoms. The molecule has 10 nitrogen and oxygen atoms in total. The first-order valence-electron chi connectivity index (χ1n) is 8.85. The highest BCUT2D eigenvalue weighted by Gasteiger charge is 2.55. The van der Waals surface area contributed by atoms with E-state index in [-0.39, 0.29) is 11.7 Å². The monoisotopic (exact) mass is 378 g/mol. The van der Waals surface area contributed by atoms with Crippen molar-refractivity contribution in [2.45, 2.75) is 45.1 Å². The van der Waals surface area contributed by atoms with E-state index in [1.807, 2.05) is 6.92 Å². The summed E-state index contributed by atoms with van der Waals surface area (Å²) in [5.74, 6) is -1.13. The number of carbonyl (C=O) groups excluding carboxylic acids is 4. The number of aryl methyl sites for hydroxylation is 1. The highest BCUT2D eigenvalue weighted by atomic mass is 16.5. The van der Waals surface area contributed by atoms with Gasteiger partial charge in [0.15, 0.2) is 12.4 Å². The second-order valence-corrected chi connectivity index (χ2v) is 6.97. The number of carbonyl (C=O) groups is 4. The van der Waals surface area contributed by atoms with Crippen molar-refractivity contribution in [1.29, 1.82) is 0 Å². The maximum atomic E-state index is 12.8. The van der Waals surface area contributed by atoms with Crippen molar-refractivity contribution in [1.82, 2.24) is 15.4 Å². The molecule has 0 aromatic carbocycles. The molecule has 146 valence electrons. The second kappa shape index (κ2) is 7.37. The number of nitrogens with one attached hydrogen (secondary N) is 2. The van der Waals surface area contributed by atoms with Crippen LogP contribution in [0, 0.1) is 12.8 Å². The van der Waals surface area contributed by atoms with Crippen LogP contribution in [0.5, 0.6) is 0 Å². The van der Waals surface area contributed by atoms with E-state index >= 15 is 0 Å². The molecule has 1 aliphatic heterocycles. The van der Waals surface area contributed by atoms with E-state index < -0.39 is 42.5 Å². The molecule has 2 atom stereocenters. The van der Waals surface area contributed by atoms with Crippen molar-refractivity contribution in [2.75, 3.05) is 18.5 Å². The first-order chi connectivity index (χ1) is 12.8. The summed E-state index contributed by atoms with van der Waals surface area (Å²) in [4.78, 5) is 49.6. The highest BCUT2D eigenvalue weighted by molar-refractivity contribution is 6.09. The Hall–Kier alpha value is -2.91. The zero-order valence-electron chi connectivity index (χ0n) is 15.2. The Kier molecular flexibility index (Phi) is 5.15. The number of rotatable bonds is 5. The molecule has 2 aliphatic rings. The van der Waals surface area contributed by atoms with Crippen LogP contribution < -0.4 is 10.6 Å². The van der Waals surface area contributed by atoms with Crippen LogP contribution in [0.4, 0.5) is 10.6 Å². The molecule has 1 aromatic rings. The fraction of sp³-hybridized carbons (Fsp3) is 0.588. The summed E-state index contributed by atoms with van der Waals surface area (Å²) in [6.45, 7) is 2.50. The van der Waals surface area contributed by atoms with E-state index in [1.54, 1.807) is 6.92 Å². The third kappa shape index (κ3) is 3.79. The predicted octanol–water partition coefficient (Wildman–Crippen LogP) is 0.965. The van der Waals surface area contributed by atoms with E-state index in [9.17, 15) is 19.2 Å². The van der Waals surface area contributed by atoms with Crippen LogP contribution in [0.2, 0.25) is 0 Å². The van der Waals surface area contributed by atoms with Gasteiger partial charge in [-0.05, 0) is 25.7 Å². The molecule has 4 amide bonds. The molecule has 0 unspecified atom stereocenters. The van der Waals surface area contributed by atoms with Crippen LogP contribution in [-0.2, 0) is 19.1 Å². The topological polar surface area (TPSA) is 131 Å². The molecule has 3 rings (SSSR count). The Morgan fingerprint density at radius 2 is 2.22 bits per heavy atom. The summed E-state index contributed by atoms with van der Waals surface area (Å²) in [5, 5.41) is 8.74. The van der Waals surface area contributed by atoms with Gasteiger partial charge in [0, 0.05) is 6.07 Å². The second-order valence-electron chi connectivity index (χ2n) is 6.97. The Bertz CT molecular complexity index is 775. The van der Waals surface area contributed by atoms with Gasteiger partial charge in [-0.25, -0.2) is 4.79 Å². The highest BCUT2D eigenvalue weighted by Crippen LogP contribution is 2.38. The Morgan fingerprint density at radius 3 is 2.89 bits per heavy atom. The Labute approximate surface area is 155 Å². The summed E-state index contributed by atoms with van der Waals surface area (Å²) in [7, 11) is 0. The summed E-state index contributed by atoms with van der Waals surface area (Å²) in [6, 6.07) is 0.908. The Morgan fingerprint density at radius 1 is 1.44 bits per heavy atom. The van der Waals surface area contributed by atoms with Crippen LogP contribution in [0.25, 0.3) is 0 Å². The lowest BCUT2D eigenvalue weighted by Crippen LogP contribution is -2.54. The zero-order chi connectivity index (χ0) is 19.6. The minimum atomic E-state index is -0.933. The van der Waals surface area contributed by atoms with Crippen molar-refractivity contribution in [2.24, 2.45) is 5.92 Å². The summed E-state index contributed by atoms with van der Waals surface area (Å²) in [6.07, 6.45) is 3.25. The number of ether oxygens (including phenoxy) is 1. The van der Waals surface area contributed by atoms with Crippen molar-refractivity contribution in [3.05, 3.63) is 11.8 Å². The van der Waals surface area contributed by atoms with Crippen LogP contribution in [0.15, 0.2) is 10.6 Å². The number of urea groups is 1. The van der Waals surface area contributed by atoms with Gasteiger partial charge in [-0.1, -0.05) is 24.9 Å². The molecular formula is C17H22N4O6. The van der Waals surface area contributed by atoms with Gasteiger partial charge in [-0.3, -0.25) is 19.3 Å². The van der Waals surface area contributed by atoms with E-state index in [1.165, 1.54) is 6.07 Å².